The lowest BCUT2D eigenvalue weighted by atomic mass is 9.96. The van der Waals surface area contributed by atoms with E-state index < -0.39 is 0 Å². The first-order chi connectivity index (χ1) is 9.51. The van der Waals surface area contributed by atoms with Gasteiger partial charge in [0.25, 0.3) is 5.91 Å². The highest BCUT2D eigenvalue weighted by Crippen LogP contribution is 2.20. The second-order valence-electron chi connectivity index (χ2n) is 4.99. The number of likely N-dealkylation sites (tertiary alicyclic amines) is 1. The number of halogens is 1. The zero-order valence-corrected chi connectivity index (χ0v) is 12.2. The molecule has 5 nitrogen and oxygen atoms in total. The normalized spacial score (nSPS) is 16.2. The number of pyridine rings is 1. The van der Waals surface area contributed by atoms with Crippen molar-refractivity contribution in [3.63, 3.8) is 0 Å². The highest BCUT2D eigenvalue weighted by atomic mass is 35.5. The molecule has 0 aliphatic carbocycles. The van der Waals surface area contributed by atoms with Crippen LogP contribution in [0.3, 0.4) is 0 Å². The summed E-state index contributed by atoms with van der Waals surface area (Å²) in [5, 5.41) is 0.333. The maximum Gasteiger partial charge on any atom is 0.254 e. The maximum atomic E-state index is 12.4. The molecule has 0 bridgehead atoms. The van der Waals surface area contributed by atoms with E-state index in [0.717, 1.165) is 12.1 Å². The van der Waals surface area contributed by atoms with Crippen molar-refractivity contribution in [1.29, 1.82) is 0 Å². The molecule has 1 aliphatic rings. The third-order valence-corrected chi connectivity index (χ3v) is 3.83. The van der Waals surface area contributed by atoms with Crippen LogP contribution in [0.1, 0.15) is 35.8 Å². The summed E-state index contributed by atoms with van der Waals surface area (Å²) in [5.74, 6) is -0.462. The Balaban J connectivity index is 2.09. The van der Waals surface area contributed by atoms with Crippen molar-refractivity contribution in [1.82, 2.24) is 9.88 Å². The lowest BCUT2D eigenvalue weighted by Crippen LogP contribution is -2.41. The molecule has 0 radical (unpaired) electrons. The van der Waals surface area contributed by atoms with E-state index in [1.54, 1.807) is 17.0 Å². The van der Waals surface area contributed by atoms with Gasteiger partial charge in [0.15, 0.2) is 0 Å². The molecule has 2 amide bonds. The minimum Gasteiger partial charge on any atom is -0.369 e. The third-order valence-electron chi connectivity index (χ3n) is 3.64. The predicted molar refractivity (Wildman–Crippen MR) is 76.4 cm³/mol. The summed E-state index contributed by atoms with van der Waals surface area (Å²) in [6, 6.07) is 3.36. The van der Waals surface area contributed by atoms with Gasteiger partial charge in [0.1, 0.15) is 5.15 Å². The van der Waals surface area contributed by atoms with Crippen LogP contribution in [-0.2, 0) is 11.2 Å². The van der Waals surface area contributed by atoms with Crippen molar-refractivity contribution in [3.05, 3.63) is 28.5 Å². The standard InChI is InChI=1S/C14H18ClN3O2/c1-2-11-7-10(8-12(15)17-11)14(20)18-5-3-9(4-6-18)13(16)19/h7-9H,2-6H2,1H3,(H2,16,19). The van der Waals surface area contributed by atoms with Gasteiger partial charge in [-0.3, -0.25) is 9.59 Å². The van der Waals surface area contributed by atoms with Crippen LogP contribution in [0.25, 0.3) is 0 Å². The van der Waals surface area contributed by atoms with Crippen LogP contribution in [0.15, 0.2) is 12.1 Å². The molecule has 1 saturated heterocycles. The first-order valence-electron chi connectivity index (χ1n) is 6.76. The van der Waals surface area contributed by atoms with E-state index in [9.17, 15) is 9.59 Å². The Morgan fingerprint density at radius 2 is 2.05 bits per heavy atom. The SMILES string of the molecule is CCc1cc(C(=O)N2CCC(C(N)=O)CC2)cc(Cl)n1. The number of aromatic nitrogens is 1. The van der Waals surface area contributed by atoms with Gasteiger partial charge in [0.05, 0.1) is 0 Å². The molecule has 0 unspecified atom stereocenters. The van der Waals surface area contributed by atoms with E-state index in [1.165, 1.54) is 0 Å². The van der Waals surface area contributed by atoms with Crippen LogP contribution in [0.2, 0.25) is 5.15 Å². The smallest absolute Gasteiger partial charge is 0.254 e. The highest BCUT2D eigenvalue weighted by molar-refractivity contribution is 6.29. The monoisotopic (exact) mass is 295 g/mol. The second kappa shape index (κ2) is 6.22. The van der Waals surface area contributed by atoms with Crippen LogP contribution in [0, 0.1) is 5.92 Å². The molecule has 1 aromatic rings. The molecule has 2 heterocycles. The maximum absolute atomic E-state index is 12.4. The van der Waals surface area contributed by atoms with Gasteiger partial charge >= 0.3 is 0 Å². The molecular formula is C14H18ClN3O2. The Kier molecular flexibility index (Phi) is 4.60. The first-order valence-corrected chi connectivity index (χ1v) is 7.14. The fraction of sp³-hybridized carbons (Fsp3) is 0.500. The average Bonchev–Trinajstić information content (AvgIpc) is 2.45. The van der Waals surface area contributed by atoms with Crippen LogP contribution < -0.4 is 5.73 Å². The molecule has 0 spiro atoms. The summed E-state index contributed by atoms with van der Waals surface area (Å²) in [6.45, 7) is 3.06. The van der Waals surface area contributed by atoms with Crippen molar-refractivity contribution < 1.29 is 9.59 Å². The molecule has 1 aromatic heterocycles. The van der Waals surface area contributed by atoms with Crippen molar-refractivity contribution in [2.75, 3.05) is 13.1 Å². The molecule has 0 atom stereocenters. The van der Waals surface area contributed by atoms with Crippen molar-refractivity contribution in [3.8, 4) is 0 Å². The number of aryl methyl sites for hydroxylation is 1. The molecule has 6 heteroatoms. The molecule has 2 N–H and O–H groups in total. The molecule has 1 fully saturated rings. The number of carbonyl (C=O) groups is 2. The summed E-state index contributed by atoms with van der Waals surface area (Å²) < 4.78 is 0. The van der Waals surface area contributed by atoms with Gasteiger partial charge in [-0.1, -0.05) is 18.5 Å². The number of primary amides is 1. The number of rotatable bonds is 3. The van der Waals surface area contributed by atoms with E-state index >= 15 is 0 Å². The van der Waals surface area contributed by atoms with Gasteiger partial charge < -0.3 is 10.6 Å². The Hall–Kier alpha value is -1.62. The van der Waals surface area contributed by atoms with Gasteiger partial charge in [-0.05, 0) is 31.4 Å². The predicted octanol–water partition coefficient (Wildman–Crippen LogP) is 1.63. The average molecular weight is 296 g/mol. The lowest BCUT2D eigenvalue weighted by molar-refractivity contribution is -0.123. The number of carbonyl (C=O) groups excluding carboxylic acids is 2. The van der Waals surface area contributed by atoms with E-state index in [-0.39, 0.29) is 17.7 Å². The van der Waals surface area contributed by atoms with Crippen LogP contribution in [0.5, 0.6) is 0 Å². The Morgan fingerprint density at radius 3 is 2.60 bits per heavy atom. The minimum atomic E-state index is -0.280. The fourth-order valence-electron chi connectivity index (χ4n) is 2.41. The third kappa shape index (κ3) is 3.28. The molecule has 108 valence electrons. The number of hydrogen-bond acceptors (Lipinski definition) is 3. The minimum absolute atomic E-state index is 0.0630. The van der Waals surface area contributed by atoms with Crippen LogP contribution in [-0.4, -0.2) is 34.8 Å². The zero-order valence-electron chi connectivity index (χ0n) is 11.4. The topological polar surface area (TPSA) is 76.3 Å². The Labute approximate surface area is 123 Å². The number of piperidine rings is 1. The van der Waals surface area contributed by atoms with E-state index in [1.807, 2.05) is 6.92 Å². The second-order valence-corrected chi connectivity index (χ2v) is 5.38. The number of nitrogens with zero attached hydrogens (tertiary/aromatic N) is 2. The van der Waals surface area contributed by atoms with E-state index in [0.29, 0.717) is 36.6 Å². The molecule has 1 aliphatic heterocycles. The molecule has 0 saturated carbocycles. The summed E-state index contributed by atoms with van der Waals surface area (Å²) >= 11 is 5.93. The quantitative estimate of drug-likeness (QED) is 0.861. The summed E-state index contributed by atoms with van der Waals surface area (Å²) in [4.78, 5) is 29.4. The zero-order chi connectivity index (χ0) is 14.7. The van der Waals surface area contributed by atoms with Crippen molar-refractivity contribution >= 4 is 23.4 Å². The van der Waals surface area contributed by atoms with Gasteiger partial charge in [-0.25, -0.2) is 4.98 Å². The molecular weight excluding hydrogens is 278 g/mol. The van der Waals surface area contributed by atoms with Gasteiger partial charge in [-0.2, -0.15) is 0 Å². The Morgan fingerprint density at radius 1 is 1.40 bits per heavy atom. The lowest BCUT2D eigenvalue weighted by Gasteiger charge is -2.30. The summed E-state index contributed by atoms with van der Waals surface area (Å²) in [7, 11) is 0. The number of nitrogens with two attached hydrogens (primary N) is 1. The van der Waals surface area contributed by atoms with Crippen molar-refractivity contribution in [2.45, 2.75) is 26.2 Å². The first kappa shape index (κ1) is 14.8. The fourth-order valence-corrected chi connectivity index (χ4v) is 2.63. The van der Waals surface area contributed by atoms with E-state index in [4.69, 9.17) is 17.3 Å². The van der Waals surface area contributed by atoms with Crippen molar-refractivity contribution in [2.24, 2.45) is 11.7 Å². The van der Waals surface area contributed by atoms with Gasteiger partial charge in [-0.15, -0.1) is 0 Å². The molecule has 20 heavy (non-hydrogen) atoms. The van der Waals surface area contributed by atoms with E-state index in [2.05, 4.69) is 4.98 Å². The highest BCUT2D eigenvalue weighted by Gasteiger charge is 2.26. The molecule has 2 rings (SSSR count). The van der Waals surface area contributed by atoms with Crippen LogP contribution in [0.4, 0.5) is 0 Å². The van der Waals surface area contributed by atoms with Gasteiger partial charge in [0, 0.05) is 30.3 Å². The summed E-state index contributed by atoms with van der Waals surface area (Å²) in [6.07, 6.45) is 1.98. The Bertz CT molecular complexity index is 525. The molecule has 0 aromatic carbocycles. The number of hydrogen-bond donors (Lipinski definition) is 1. The summed E-state index contributed by atoms with van der Waals surface area (Å²) in [5.41, 5.74) is 6.64. The number of amides is 2. The van der Waals surface area contributed by atoms with Crippen LogP contribution >= 0.6 is 11.6 Å². The van der Waals surface area contributed by atoms with Gasteiger partial charge in [0.2, 0.25) is 5.91 Å². The largest absolute Gasteiger partial charge is 0.369 e.